The van der Waals surface area contributed by atoms with Crippen LogP contribution in [0.25, 0.3) is 0 Å². The Morgan fingerprint density at radius 2 is 2.44 bits per heavy atom. The van der Waals surface area contributed by atoms with E-state index in [1.165, 1.54) is 0 Å². The van der Waals surface area contributed by atoms with Crippen LogP contribution in [0.5, 0.6) is 0 Å². The lowest BCUT2D eigenvalue weighted by atomic mass is 10.0. The molecule has 1 aliphatic rings. The van der Waals surface area contributed by atoms with E-state index in [0.717, 1.165) is 13.0 Å². The van der Waals surface area contributed by atoms with Gasteiger partial charge in [-0.1, -0.05) is 6.92 Å². The van der Waals surface area contributed by atoms with Gasteiger partial charge in [0.15, 0.2) is 5.05 Å². The van der Waals surface area contributed by atoms with Crippen LogP contribution in [0.3, 0.4) is 0 Å². The SMILES string of the molecule is CC1CCN[C@@H]1C(O)=S. The van der Waals surface area contributed by atoms with Crippen LogP contribution >= 0.6 is 12.2 Å². The lowest BCUT2D eigenvalue weighted by Crippen LogP contribution is -2.33. The van der Waals surface area contributed by atoms with Gasteiger partial charge < -0.3 is 10.4 Å². The smallest absolute Gasteiger partial charge is 0.174 e. The van der Waals surface area contributed by atoms with Crippen LogP contribution in [0.1, 0.15) is 13.3 Å². The highest BCUT2D eigenvalue weighted by Gasteiger charge is 2.25. The minimum atomic E-state index is 0.0694. The first-order valence-electron chi connectivity index (χ1n) is 3.18. The Balaban J connectivity index is 2.49. The van der Waals surface area contributed by atoms with Crippen molar-refractivity contribution < 1.29 is 5.11 Å². The third-order valence-corrected chi connectivity index (χ3v) is 2.05. The van der Waals surface area contributed by atoms with Gasteiger partial charge >= 0.3 is 0 Å². The number of hydrogen-bond acceptors (Lipinski definition) is 2. The molecular formula is C6H11NOS. The van der Waals surface area contributed by atoms with Crippen molar-refractivity contribution in [2.75, 3.05) is 6.54 Å². The van der Waals surface area contributed by atoms with Crippen molar-refractivity contribution in [3.63, 3.8) is 0 Å². The molecule has 1 aliphatic heterocycles. The van der Waals surface area contributed by atoms with Crippen LogP contribution in [-0.2, 0) is 0 Å². The molecule has 0 aromatic heterocycles. The zero-order valence-electron chi connectivity index (χ0n) is 5.42. The number of rotatable bonds is 1. The Bertz CT molecular complexity index is 126. The quantitative estimate of drug-likeness (QED) is 0.537. The monoisotopic (exact) mass is 145 g/mol. The molecule has 2 nitrogen and oxygen atoms in total. The zero-order valence-corrected chi connectivity index (χ0v) is 6.24. The van der Waals surface area contributed by atoms with Gasteiger partial charge in [-0.3, -0.25) is 0 Å². The van der Waals surface area contributed by atoms with Crippen LogP contribution < -0.4 is 5.32 Å². The first-order valence-corrected chi connectivity index (χ1v) is 3.59. The minimum Gasteiger partial charge on any atom is -0.501 e. The van der Waals surface area contributed by atoms with E-state index in [0.29, 0.717) is 5.92 Å². The molecule has 1 heterocycles. The van der Waals surface area contributed by atoms with Gasteiger partial charge in [0.05, 0.1) is 6.04 Å². The average Bonchev–Trinajstić information content (AvgIpc) is 2.13. The lowest BCUT2D eigenvalue weighted by molar-refractivity contribution is 0.476. The molecule has 0 bridgehead atoms. The molecule has 1 saturated heterocycles. The first kappa shape index (κ1) is 6.96. The molecule has 2 N–H and O–H groups in total. The molecule has 0 aromatic carbocycles. The second kappa shape index (κ2) is 2.62. The third kappa shape index (κ3) is 1.40. The molecule has 2 atom stereocenters. The summed E-state index contributed by atoms with van der Waals surface area (Å²) in [6, 6.07) is 0.0694. The van der Waals surface area contributed by atoms with Crippen molar-refractivity contribution in [2.45, 2.75) is 19.4 Å². The van der Waals surface area contributed by atoms with Crippen molar-refractivity contribution in [1.82, 2.24) is 5.32 Å². The highest BCUT2D eigenvalue weighted by Crippen LogP contribution is 2.14. The number of aliphatic hydroxyl groups excluding tert-OH is 1. The summed E-state index contributed by atoms with van der Waals surface area (Å²) in [7, 11) is 0. The minimum absolute atomic E-state index is 0.0694. The second-order valence-corrected chi connectivity index (χ2v) is 2.95. The largest absolute Gasteiger partial charge is 0.501 e. The summed E-state index contributed by atoms with van der Waals surface area (Å²) in [5.74, 6) is 0.502. The zero-order chi connectivity index (χ0) is 6.85. The standard InChI is InChI=1S/C6H11NOS/c1-4-2-3-7-5(4)6(8)9/h4-5,7H,2-3H2,1H3,(H,8,9)/t4?,5-/m0/s1. The Morgan fingerprint density at radius 3 is 2.67 bits per heavy atom. The number of nitrogens with one attached hydrogen (secondary N) is 1. The van der Waals surface area contributed by atoms with Gasteiger partial charge in [-0.2, -0.15) is 0 Å². The van der Waals surface area contributed by atoms with Crippen molar-refractivity contribution in [2.24, 2.45) is 5.92 Å². The Hall–Kier alpha value is -0.150. The third-order valence-electron chi connectivity index (χ3n) is 1.80. The summed E-state index contributed by atoms with van der Waals surface area (Å²) < 4.78 is 0. The maximum atomic E-state index is 8.89. The highest BCUT2D eigenvalue weighted by atomic mass is 32.1. The first-order chi connectivity index (χ1) is 4.22. The van der Waals surface area contributed by atoms with Crippen molar-refractivity contribution in [3.8, 4) is 0 Å². The Morgan fingerprint density at radius 1 is 1.78 bits per heavy atom. The van der Waals surface area contributed by atoms with Gasteiger partial charge in [0.1, 0.15) is 0 Å². The number of aliphatic hydroxyl groups is 1. The second-order valence-electron chi connectivity index (χ2n) is 2.54. The molecule has 52 valence electrons. The molecular weight excluding hydrogens is 134 g/mol. The van der Waals surface area contributed by atoms with Gasteiger partial charge in [0, 0.05) is 0 Å². The summed E-state index contributed by atoms with van der Waals surface area (Å²) >= 11 is 4.63. The van der Waals surface area contributed by atoms with Crippen molar-refractivity contribution in [1.29, 1.82) is 0 Å². The molecule has 3 heteroatoms. The average molecular weight is 145 g/mol. The predicted octanol–water partition coefficient (Wildman–Crippen LogP) is 0.870. The molecule has 1 fully saturated rings. The normalized spacial score (nSPS) is 34.8. The van der Waals surface area contributed by atoms with Crippen LogP contribution in [-0.4, -0.2) is 22.7 Å². The summed E-state index contributed by atoms with van der Waals surface area (Å²) in [6.45, 7) is 3.07. The van der Waals surface area contributed by atoms with Crippen LogP contribution in [0, 0.1) is 5.92 Å². The summed E-state index contributed by atoms with van der Waals surface area (Å²) in [5.41, 5.74) is 0. The van der Waals surface area contributed by atoms with E-state index >= 15 is 0 Å². The Labute approximate surface area is 60.3 Å². The number of thiocarbonyl (C=S) groups is 1. The van der Waals surface area contributed by atoms with Gasteiger partial charge in [0.25, 0.3) is 0 Å². The lowest BCUT2D eigenvalue weighted by Gasteiger charge is -2.10. The molecule has 0 aliphatic carbocycles. The maximum Gasteiger partial charge on any atom is 0.174 e. The summed E-state index contributed by atoms with van der Waals surface area (Å²) in [4.78, 5) is 0. The fourth-order valence-electron chi connectivity index (χ4n) is 1.17. The van der Waals surface area contributed by atoms with Gasteiger partial charge in [-0.25, -0.2) is 0 Å². The summed E-state index contributed by atoms with van der Waals surface area (Å²) in [5, 5.41) is 12.1. The number of hydrogen-bond donors (Lipinski definition) is 2. The van der Waals surface area contributed by atoms with Gasteiger partial charge in [-0.05, 0) is 31.1 Å². The molecule has 1 unspecified atom stereocenters. The van der Waals surface area contributed by atoms with Crippen LogP contribution in [0.4, 0.5) is 0 Å². The predicted molar refractivity (Wildman–Crippen MR) is 40.8 cm³/mol. The molecule has 0 saturated carbocycles. The van der Waals surface area contributed by atoms with Gasteiger partial charge in [-0.15, -0.1) is 0 Å². The Kier molecular flexibility index (Phi) is 2.03. The molecule has 0 spiro atoms. The van der Waals surface area contributed by atoms with E-state index < -0.39 is 0 Å². The van der Waals surface area contributed by atoms with E-state index in [2.05, 4.69) is 24.5 Å². The molecule has 0 aromatic rings. The van der Waals surface area contributed by atoms with E-state index in [1.54, 1.807) is 0 Å². The topological polar surface area (TPSA) is 32.3 Å². The van der Waals surface area contributed by atoms with E-state index in [4.69, 9.17) is 5.11 Å². The summed E-state index contributed by atoms with van der Waals surface area (Å²) in [6.07, 6.45) is 1.12. The van der Waals surface area contributed by atoms with Crippen molar-refractivity contribution >= 4 is 17.3 Å². The fraction of sp³-hybridized carbons (Fsp3) is 0.833. The van der Waals surface area contributed by atoms with E-state index in [1.807, 2.05) is 0 Å². The van der Waals surface area contributed by atoms with Crippen molar-refractivity contribution in [3.05, 3.63) is 0 Å². The maximum absolute atomic E-state index is 8.89. The van der Waals surface area contributed by atoms with E-state index in [-0.39, 0.29) is 11.1 Å². The molecule has 0 radical (unpaired) electrons. The van der Waals surface area contributed by atoms with Crippen LogP contribution in [0.15, 0.2) is 0 Å². The highest BCUT2D eigenvalue weighted by molar-refractivity contribution is 7.80. The fourth-order valence-corrected chi connectivity index (χ4v) is 1.48. The van der Waals surface area contributed by atoms with Crippen LogP contribution in [0.2, 0.25) is 0 Å². The molecule has 1 rings (SSSR count). The molecule has 0 amide bonds. The van der Waals surface area contributed by atoms with Gasteiger partial charge in [0.2, 0.25) is 0 Å². The molecule has 9 heavy (non-hydrogen) atoms. The van der Waals surface area contributed by atoms with E-state index in [9.17, 15) is 0 Å².